The number of ketones is 2. The molecule has 0 bridgehead atoms. The molecule has 1 N–H and O–H groups in total. The van der Waals surface area contributed by atoms with E-state index < -0.39 is 53.5 Å². The first-order valence-corrected chi connectivity index (χ1v) is 16.1. The third-order valence-corrected chi connectivity index (χ3v) is 8.25. The molecule has 0 aliphatic carbocycles. The van der Waals surface area contributed by atoms with Crippen LogP contribution >= 0.6 is 0 Å². The van der Waals surface area contributed by atoms with Gasteiger partial charge >= 0.3 is 12.1 Å². The third kappa shape index (κ3) is 10.5. The van der Waals surface area contributed by atoms with Gasteiger partial charge in [0.15, 0.2) is 6.10 Å². The second-order valence-corrected chi connectivity index (χ2v) is 11.9. The van der Waals surface area contributed by atoms with Crippen LogP contribution in [0, 0.1) is 35.5 Å². The number of ether oxygens (including phenoxy) is 3. The Labute approximate surface area is 273 Å². The standard InChI is InChI=1S/C31H38N2O7.C4H6.C2H6/c1-18-14-31(5,39-12-8-9-22-13-23-10-6-7-11-24(23)32-16-22)15-19(2)28(35)21(4)29(36)38-17-25-26(20(3)27(18)34)33-30(37)40-25;1-3-4-2;1-2/h6-11,13,16,18-21,25-26H,12,14-15,17H2,1-5H3,(H,33,37);1-2H3;1-2H3/b9-8+;;/t18-,19-,20?,21?,25?,26?,31-;;/m1../s1. The second kappa shape index (κ2) is 18.2. The van der Waals surface area contributed by atoms with Gasteiger partial charge in [-0.3, -0.25) is 19.4 Å². The average molecular weight is 635 g/mol. The fourth-order valence-electron chi connectivity index (χ4n) is 5.83. The third-order valence-electron chi connectivity index (χ3n) is 8.25. The van der Waals surface area contributed by atoms with Crippen LogP contribution in [0.3, 0.4) is 0 Å². The summed E-state index contributed by atoms with van der Waals surface area (Å²) in [5.74, 6) is 1.86. The number of esters is 1. The maximum atomic E-state index is 13.5. The molecule has 3 heterocycles. The monoisotopic (exact) mass is 634 g/mol. The zero-order chi connectivity index (χ0) is 34.4. The van der Waals surface area contributed by atoms with Crippen LogP contribution in [-0.2, 0) is 28.6 Å². The highest BCUT2D eigenvalue weighted by molar-refractivity contribution is 5.99. The summed E-state index contributed by atoms with van der Waals surface area (Å²) in [5.41, 5.74) is 1.02. The summed E-state index contributed by atoms with van der Waals surface area (Å²) < 4.78 is 17.0. The number of para-hydroxylation sites is 1. The molecule has 0 saturated carbocycles. The fourth-order valence-corrected chi connectivity index (χ4v) is 5.83. The minimum Gasteiger partial charge on any atom is -0.461 e. The van der Waals surface area contributed by atoms with Gasteiger partial charge in [0.25, 0.3) is 0 Å². The number of fused-ring (bicyclic) bond motifs is 2. The lowest BCUT2D eigenvalue weighted by atomic mass is 9.78. The smallest absolute Gasteiger partial charge is 0.407 e. The highest BCUT2D eigenvalue weighted by atomic mass is 16.6. The number of benzene rings is 1. The van der Waals surface area contributed by atoms with Crippen LogP contribution in [0.4, 0.5) is 4.79 Å². The molecule has 2 saturated heterocycles. The molecule has 0 radical (unpaired) electrons. The van der Waals surface area contributed by atoms with Crippen molar-refractivity contribution in [2.24, 2.45) is 23.7 Å². The summed E-state index contributed by atoms with van der Waals surface area (Å²) in [5, 5.41) is 3.72. The largest absolute Gasteiger partial charge is 0.461 e. The zero-order valence-corrected chi connectivity index (χ0v) is 28.7. The van der Waals surface area contributed by atoms with Gasteiger partial charge in [0.2, 0.25) is 0 Å². The van der Waals surface area contributed by atoms with Crippen molar-refractivity contribution < 1.29 is 33.4 Å². The van der Waals surface area contributed by atoms with E-state index in [0.29, 0.717) is 12.8 Å². The molecule has 250 valence electrons. The first kappa shape index (κ1) is 38.2. The number of carbonyl (C=O) groups is 4. The van der Waals surface area contributed by atoms with E-state index in [-0.39, 0.29) is 24.8 Å². The number of rotatable bonds is 4. The molecule has 2 aromatic rings. The highest BCUT2D eigenvalue weighted by Gasteiger charge is 2.44. The van der Waals surface area contributed by atoms with Gasteiger partial charge in [-0.2, -0.15) is 0 Å². The van der Waals surface area contributed by atoms with Crippen LogP contribution in [0.1, 0.15) is 80.7 Å². The Morgan fingerprint density at radius 1 is 1.00 bits per heavy atom. The first-order chi connectivity index (χ1) is 21.9. The lowest BCUT2D eigenvalue weighted by Crippen LogP contribution is -2.46. The number of aromatic nitrogens is 1. The van der Waals surface area contributed by atoms with Crippen molar-refractivity contribution in [3.63, 3.8) is 0 Å². The zero-order valence-electron chi connectivity index (χ0n) is 28.7. The van der Waals surface area contributed by atoms with Crippen LogP contribution in [-0.4, -0.2) is 59.6 Å². The molecule has 2 aliphatic heterocycles. The van der Waals surface area contributed by atoms with E-state index >= 15 is 0 Å². The number of nitrogens with zero attached hydrogens (tertiary/aromatic N) is 1. The summed E-state index contributed by atoms with van der Waals surface area (Å²) >= 11 is 0. The summed E-state index contributed by atoms with van der Waals surface area (Å²) in [4.78, 5) is 55.8. The van der Waals surface area contributed by atoms with Crippen molar-refractivity contribution in [1.29, 1.82) is 0 Å². The number of cyclic esters (lactones) is 1. The van der Waals surface area contributed by atoms with Crippen molar-refractivity contribution in [3.05, 3.63) is 48.2 Å². The maximum Gasteiger partial charge on any atom is 0.407 e. The van der Waals surface area contributed by atoms with Crippen LogP contribution < -0.4 is 5.32 Å². The Hall–Kier alpha value is -4.03. The molecule has 9 heteroatoms. The average Bonchev–Trinajstić information content (AvgIpc) is 3.44. The van der Waals surface area contributed by atoms with Gasteiger partial charge in [0.05, 0.1) is 23.8 Å². The minimum atomic E-state index is -0.984. The summed E-state index contributed by atoms with van der Waals surface area (Å²) in [7, 11) is 0. The number of hydrogen-bond donors (Lipinski definition) is 1. The molecule has 4 unspecified atom stereocenters. The van der Waals surface area contributed by atoms with E-state index in [1.807, 2.05) is 84.0 Å². The molecule has 0 spiro atoms. The van der Waals surface area contributed by atoms with E-state index in [0.717, 1.165) is 16.5 Å². The van der Waals surface area contributed by atoms with Crippen LogP contribution in [0.5, 0.6) is 0 Å². The van der Waals surface area contributed by atoms with E-state index in [9.17, 15) is 19.2 Å². The van der Waals surface area contributed by atoms with Crippen molar-refractivity contribution in [1.82, 2.24) is 10.3 Å². The molecule has 1 amide bonds. The molecular weight excluding hydrogens is 584 g/mol. The molecule has 2 fully saturated rings. The Morgan fingerprint density at radius 2 is 1.63 bits per heavy atom. The number of alkyl carbamates (subject to hydrolysis) is 1. The van der Waals surface area contributed by atoms with Gasteiger partial charge in [0, 0.05) is 29.3 Å². The number of amides is 1. The number of hydrogen-bond acceptors (Lipinski definition) is 8. The molecule has 1 aromatic carbocycles. The Bertz CT molecular complexity index is 1440. The topological polar surface area (TPSA) is 121 Å². The lowest BCUT2D eigenvalue weighted by molar-refractivity contribution is -0.155. The van der Waals surface area contributed by atoms with E-state index in [1.165, 1.54) is 6.92 Å². The number of Topliss-reactive ketones (excluding diaryl/α,β-unsaturated/α-hetero) is 2. The number of carbonyl (C=O) groups excluding carboxylic acids is 4. The van der Waals surface area contributed by atoms with E-state index in [2.05, 4.69) is 22.1 Å². The molecule has 7 atom stereocenters. The molecule has 46 heavy (non-hydrogen) atoms. The van der Waals surface area contributed by atoms with Gasteiger partial charge in [0.1, 0.15) is 24.1 Å². The van der Waals surface area contributed by atoms with Gasteiger partial charge in [-0.1, -0.05) is 65.0 Å². The number of nitrogens with one attached hydrogen (secondary N) is 1. The van der Waals surface area contributed by atoms with Crippen molar-refractivity contribution >= 4 is 40.6 Å². The van der Waals surface area contributed by atoms with Crippen LogP contribution in [0.15, 0.2) is 42.6 Å². The van der Waals surface area contributed by atoms with Crippen molar-refractivity contribution in [2.75, 3.05) is 13.2 Å². The predicted molar refractivity (Wildman–Crippen MR) is 180 cm³/mol. The van der Waals surface area contributed by atoms with Gasteiger partial charge in [-0.15, -0.1) is 11.8 Å². The van der Waals surface area contributed by atoms with Gasteiger partial charge in [-0.25, -0.2) is 4.79 Å². The van der Waals surface area contributed by atoms with Gasteiger partial charge in [-0.05, 0) is 58.2 Å². The molecule has 9 nitrogen and oxygen atoms in total. The minimum absolute atomic E-state index is 0.0656. The Balaban J connectivity index is 0.00000114. The number of pyridine rings is 1. The summed E-state index contributed by atoms with van der Waals surface area (Å²) in [6, 6.07) is 9.28. The summed E-state index contributed by atoms with van der Waals surface area (Å²) in [6.45, 7) is 16.4. The van der Waals surface area contributed by atoms with Gasteiger partial charge < -0.3 is 19.5 Å². The Morgan fingerprint density at radius 3 is 2.28 bits per heavy atom. The normalized spacial score (nSPS) is 28.5. The predicted octanol–water partition coefficient (Wildman–Crippen LogP) is 6.58. The van der Waals surface area contributed by atoms with E-state index in [1.54, 1.807) is 20.0 Å². The Kier molecular flexibility index (Phi) is 15.1. The molecular formula is C37H50N2O7. The van der Waals surface area contributed by atoms with E-state index in [4.69, 9.17) is 14.2 Å². The van der Waals surface area contributed by atoms with Crippen molar-refractivity contribution in [3.8, 4) is 11.8 Å². The molecule has 2 aliphatic rings. The second-order valence-electron chi connectivity index (χ2n) is 11.9. The molecule has 4 rings (SSSR count). The SMILES string of the molecule is CC.CC#CC.CC1C(=O)OCC2OC(=O)NC2C(C)C(=O)[C@H](C)C[C@@](C)(OC/C=C/c2cnc3ccccc3c2)C[C@@H](C)C1=O. The highest BCUT2D eigenvalue weighted by Crippen LogP contribution is 2.33. The quantitative estimate of drug-likeness (QED) is 0.228. The fraction of sp³-hybridized carbons (Fsp3) is 0.541. The maximum absolute atomic E-state index is 13.5. The van der Waals surface area contributed by atoms with Crippen molar-refractivity contribution in [2.45, 2.75) is 92.9 Å². The first-order valence-electron chi connectivity index (χ1n) is 16.1. The summed E-state index contributed by atoms with van der Waals surface area (Å²) in [6.07, 6.45) is 4.82. The lowest BCUT2D eigenvalue weighted by Gasteiger charge is -2.35. The van der Waals surface area contributed by atoms with Crippen LogP contribution in [0.25, 0.3) is 17.0 Å². The molecule has 1 aromatic heterocycles. The van der Waals surface area contributed by atoms with Crippen LogP contribution in [0.2, 0.25) is 0 Å².